The molecule has 1 aliphatic rings. The Hall–Kier alpha value is -2.45. The Morgan fingerprint density at radius 2 is 2.10 bits per heavy atom. The van der Waals surface area contributed by atoms with Crippen molar-refractivity contribution in [1.82, 2.24) is 20.0 Å². The van der Waals surface area contributed by atoms with Crippen LogP contribution in [0, 0.1) is 10.1 Å². The number of nitrogens with one attached hydrogen (secondary N) is 1. The zero-order valence-electron chi connectivity index (χ0n) is 10.8. The van der Waals surface area contributed by atoms with Crippen molar-refractivity contribution in [3.63, 3.8) is 0 Å². The van der Waals surface area contributed by atoms with Crippen LogP contribution in [0.2, 0.25) is 0 Å². The lowest BCUT2D eigenvalue weighted by atomic mass is 10.4. The molecule has 1 N–H and O–H groups in total. The molecule has 9 heteroatoms. The minimum Gasteiger partial charge on any atom is -0.358 e. The fourth-order valence-electron chi connectivity index (χ4n) is 2.05. The largest absolute Gasteiger partial charge is 0.358 e. The number of aromatic nitrogens is 2. The predicted molar refractivity (Wildman–Crippen MR) is 67.7 cm³/mol. The van der Waals surface area contributed by atoms with Gasteiger partial charge in [-0.1, -0.05) is 5.10 Å². The van der Waals surface area contributed by atoms with Gasteiger partial charge >= 0.3 is 5.82 Å². The van der Waals surface area contributed by atoms with E-state index in [0.29, 0.717) is 0 Å². The number of amides is 2. The van der Waals surface area contributed by atoms with E-state index in [-0.39, 0.29) is 24.8 Å². The van der Waals surface area contributed by atoms with Gasteiger partial charge in [-0.05, 0) is 17.8 Å². The molecule has 2 heterocycles. The molecule has 0 saturated carbocycles. The van der Waals surface area contributed by atoms with Crippen molar-refractivity contribution in [1.29, 1.82) is 0 Å². The highest BCUT2D eigenvalue weighted by Crippen LogP contribution is 2.09. The summed E-state index contributed by atoms with van der Waals surface area (Å²) in [5, 5.41) is 16.8. The molecule has 1 aromatic rings. The van der Waals surface area contributed by atoms with Crippen LogP contribution >= 0.6 is 0 Å². The van der Waals surface area contributed by atoms with Crippen LogP contribution in [0.4, 0.5) is 5.82 Å². The Morgan fingerprint density at radius 3 is 2.75 bits per heavy atom. The van der Waals surface area contributed by atoms with Crippen LogP contribution in [0.15, 0.2) is 12.3 Å². The maximum absolute atomic E-state index is 11.7. The molecule has 0 aromatic carbocycles. The van der Waals surface area contributed by atoms with Crippen molar-refractivity contribution in [2.75, 3.05) is 19.6 Å². The average molecular weight is 281 g/mol. The fraction of sp³-hybridized carbons (Fsp3) is 0.545. The molecule has 0 spiro atoms. The highest BCUT2D eigenvalue weighted by Gasteiger charge is 2.20. The number of rotatable bonds is 5. The molecule has 0 bridgehead atoms. The molecule has 0 unspecified atom stereocenters. The number of nitro groups is 1. The Labute approximate surface area is 114 Å². The van der Waals surface area contributed by atoms with E-state index in [9.17, 15) is 19.7 Å². The van der Waals surface area contributed by atoms with E-state index < -0.39 is 10.8 Å². The first-order valence-electron chi connectivity index (χ1n) is 6.28. The zero-order chi connectivity index (χ0) is 14.5. The maximum atomic E-state index is 11.7. The summed E-state index contributed by atoms with van der Waals surface area (Å²) < 4.78 is 0.982. The first kappa shape index (κ1) is 14.0. The second-order valence-electron chi connectivity index (χ2n) is 4.47. The van der Waals surface area contributed by atoms with Gasteiger partial charge in [0, 0.05) is 13.1 Å². The van der Waals surface area contributed by atoms with E-state index in [2.05, 4.69) is 10.4 Å². The van der Waals surface area contributed by atoms with Crippen LogP contribution in [0.25, 0.3) is 0 Å². The lowest BCUT2D eigenvalue weighted by Gasteiger charge is -2.15. The fourth-order valence-corrected chi connectivity index (χ4v) is 2.05. The summed E-state index contributed by atoms with van der Waals surface area (Å²) in [7, 11) is 0. The maximum Gasteiger partial charge on any atom is 0.345 e. The van der Waals surface area contributed by atoms with Gasteiger partial charge in [-0.2, -0.15) is 0 Å². The van der Waals surface area contributed by atoms with Crippen molar-refractivity contribution in [2.24, 2.45) is 0 Å². The summed E-state index contributed by atoms with van der Waals surface area (Å²) in [6, 6.07) is 1.21. The lowest BCUT2D eigenvalue weighted by molar-refractivity contribution is -0.392. The number of hydrogen-bond acceptors (Lipinski definition) is 5. The molecule has 2 amide bonds. The molecule has 2 rings (SSSR count). The van der Waals surface area contributed by atoms with Crippen LogP contribution in [-0.2, 0) is 16.1 Å². The van der Waals surface area contributed by atoms with Gasteiger partial charge in [0.1, 0.15) is 0 Å². The minimum atomic E-state index is -0.615. The van der Waals surface area contributed by atoms with Crippen molar-refractivity contribution in [3.8, 4) is 0 Å². The van der Waals surface area contributed by atoms with Crippen molar-refractivity contribution in [2.45, 2.75) is 19.4 Å². The Morgan fingerprint density at radius 1 is 1.40 bits per heavy atom. The van der Waals surface area contributed by atoms with Crippen molar-refractivity contribution >= 4 is 17.6 Å². The average Bonchev–Trinajstić information content (AvgIpc) is 3.06. The molecule has 0 atom stereocenters. The standard InChI is InChI=1S/C11H15N5O4/c17-9(8-15-10(16(19)20)3-4-13-15)12-7-11(18)14-5-1-2-6-14/h3-4H,1-2,5-8H2,(H,12,17). The summed E-state index contributed by atoms with van der Waals surface area (Å²) >= 11 is 0. The second kappa shape index (κ2) is 6.13. The molecule has 0 aliphatic carbocycles. The van der Waals surface area contributed by atoms with Crippen LogP contribution in [0.1, 0.15) is 12.8 Å². The van der Waals surface area contributed by atoms with Gasteiger partial charge in [-0.25, -0.2) is 0 Å². The second-order valence-corrected chi connectivity index (χ2v) is 4.47. The van der Waals surface area contributed by atoms with Crippen LogP contribution < -0.4 is 5.32 Å². The first-order valence-corrected chi connectivity index (χ1v) is 6.28. The molecule has 0 radical (unpaired) electrons. The van der Waals surface area contributed by atoms with Gasteiger partial charge in [-0.3, -0.25) is 9.59 Å². The molecule has 1 fully saturated rings. The quantitative estimate of drug-likeness (QED) is 0.579. The van der Waals surface area contributed by atoms with E-state index in [4.69, 9.17) is 0 Å². The molecule has 1 aliphatic heterocycles. The molecular weight excluding hydrogens is 266 g/mol. The molecule has 20 heavy (non-hydrogen) atoms. The third-order valence-corrected chi connectivity index (χ3v) is 3.07. The van der Waals surface area contributed by atoms with Crippen LogP contribution in [0.5, 0.6) is 0 Å². The molecular formula is C11H15N5O4. The minimum absolute atomic E-state index is 0.0894. The van der Waals surface area contributed by atoms with E-state index in [1.54, 1.807) is 4.90 Å². The van der Waals surface area contributed by atoms with Crippen LogP contribution in [0.3, 0.4) is 0 Å². The van der Waals surface area contributed by atoms with E-state index >= 15 is 0 Å². The van der Waals surface area contributed by atoms with Crippen molar-refractivity contribution < 1.29 is 14.5 Å². The third-order valence-electron chi connectivity index (χ3n) is 3.07. The number of carbonyl (C=O) groups is 2. The Bertz CT molecular complexity index is 521. The lowest BCUT2D eigenvalue weighted by Crippen LogP contribution is -2.39. The summed E-state index contributed by atoms with van der Waals surface area (Å²) in [5.74, 6) is -0.874. The Balaban J connectivity index is 1.81. The highest BCUT2D eigenvalue weighted by molar-refractivity contribution is 5.84. The van der Waals surface area contributed by atoms with Gasteiger partial charge in [0.15, 0.2) is 6.54 Å². The molecule has 1 aromatic heterocycles. The normalized spacial score (nSPS) is 14.3. The topological polar surface area (TPSA) is 110 Å². The molecule has 108 valence electrons. The van der Waals surface area contributed by atoms with Gasteiger partial charge in [-0.15, -0.1) is 4.68 Å². The number of likely N-dealkylation sites (tertiary alicyclic amines) is 1. The zero-order valence-corrected chi connectivity index (χ0v) is 10.8. The molecule has 9 nitrogen and oxygen atoms in total. The smallest absolute Gasteiger partial charge is 0.345 e. The summed E-state index contributed by atoms with van der Waals surface area (Å²) in [4.78, 5) is 35.1. The highest BCUT2D eigenvalue weighted by atomic mass is 16.6. The van der Waals surface area contributed by atoms with E-state index in [1.165, 1.54) is 12.3 Å². The summed E-state index contributed by atoms with van der Waals surface area (Å²) in [6.07, 6.45) is 3.22. The van der Waals surface area contributed by atoms with E-state index in [1.807, 2.05) is 0 Å². The number of hydrogen-bond donors (Lipinski definition) is 1. The van der Waals surface area contributed by atoms with Crippen molar-refractivity contribution in [3.05, 3.63) is 22.4 Å². The van der Waals surface area contributed by atoms with Gasteiger partial charge in [0.2, 0.25) is 5.91 Å². The van der Waals surface area contributed by atoms with Crippen LogP contribution in [-0.4, -0.2) is 51.1 Å². The third kappa shape index (κ3) is 3.31. The molecule has 1 saturated heterocycles. The van der Waals surface area contributed by atoms with Gasteiger partial charge in [0.25, 0.3) is 5.91 Å². The summed E-state index contributed by atoms with van der Waals surface area (Å²) in [5.41, 5.74) is 0. The Kier molecular flexibility index (Phi) is 4.28. The van der Waals surface area contributed by atoms with E-state index in [0.717, 1.165) is 30.6 Å². The number of carbonyl (C=O) groups excluding carboxylic acids is 2. The summed E-state index contributed by atoms with van der Waals surface area (Å²) in [6.45, 7) is 1.07. The SMILES string of the molecule is O=C(Cn1nccc1[N+](=O)[O-])NCC(=O)N1CCCC1. The van der Waals surface area contributed by atoms with Gasteiger partial charge < -0.3 is 20.3 Å². The monoisotopic (exact) mass is 281 g/mol. The predicted octanol–water partition coefficient (Wildman–Crippen LogP) is -0.470. The van der Waals surface area contributed by atoms with Gasteiger partial charge in [0.05, 0.1) is 18.8 Å². The number of nitrogens with zero attached hydrogens (tertiary/aromatic N) is 4. The first-order chi connectivity index (χ1) is 9.58.